The van der Waals surface area contributed by atoms with Crippen molar-refractivity contribution in [2.45, 2.75) is 64.4 Å². The minimum absolute atomic E-state index is 0.0777. The molecular weight excluding hydrogens is 272 g/mol. The van der Waals surface area contributed by atoms with Crippen LogP contribution in [0.15, 0.2) is 34.6 Å². The zero-order chi connectivity index (χ0) is 15.3. The van der Waals surface area contributed by atoms with Gasteiger partial charge in [-0.15, -0.1) is 0 Å². The van der Waals surface area contributed by atoms with Crippen molar-refractivity contribution in [2.75, 3.05) is 7.11 Å². The third kappa shape index (κ3) is 1.89. The fourth-order valence-electron chi connectivity index (χ4n) is 5.87. The van der Waals surface area contributed by atoms with E-state index in [1.54, 1.807) is 23.8 Å². The molecule has 0 heterocycles. The number of aliphatic hydroxyl groups is 1. The van der Waals surface area contributed by atoms with E-state index in [9.17, 15) is 5.11 Å². The first kappa shape index (κ1) is 14.6. The minimum Gasteiger partial charge on any atom is -0.501 e. The Balaban J connectivity index is 1.63. The van der Waals surface area contributed by atoms with Crippen molar-refractivity contribution in [1.29, 1.82) is 0 Å². The van der Waals surface area contributed by atoms with Crippen molar-refractivity contribution in [2.24, 2.45) is 17.3 Å². The zero-order valence-corrected chi connectivity index (χ0v) is 13.9. The monoisotopic (exact) mass is 300 g/mol. The van der Waals surface area contributed by atoms with E-state index in [4.69, 9.17) is 4.74 Å². The highest BCUT2D eigenvalue weighted by molar-refractivity contribution is 5.41. The average molecular weight is 300 g/mol. The molecule has 4 aliphatic carbocycles. The van der Waals surface area contributed by atoms with Gasteiger partial charge in [0.25, 0.3) is 0 Å². The van der Waals surface area contributed by atoms with E-state index in [1.165, 1.54) is 19.3 Å². The summed E-state index contributed by atoms with van der Waals surface area (Å²) in [4.78, 5) is 0. The Bertz CT molecular complexity index is 568. The summed E-state index contributed by atoms with van der Waals surface area (Å²) in [6.07, 6.45) is 13.7. The molecule has 0 radical (unpaired) electrons. The van der Waals surface area contributed by atoms with Crippen LogP contribution in [0.2, 0.25) is 0 Å². The van der Waals surface area contributed by atoms with E-state index in [0.717, 1.165) is 37.9 Å². The number of hydrogen-bond acceptors (Lipinski definition) is 2. The van der Waals surface area contributed by atoms with Gasteiger partial charge in [-0.2, -0.15) is 0 Å². The van der Waals surface area contributed by atoms with Gasteiger partial charge in [0, 0.05) is 17.8 Å². The Morgan fingerprint density at radius 1 is 1.23 bits per heavy atom. The van der Waals surface area contributed by atoms with Gasteiger partial charge in [-0.05, 0) is 56.9 Å². The lowest BCUT2D eigenvalue weighted by molar-refractivity contribution is 0.00534. The van der Waals surface area contributed by atoms with E-state index in [1.807, 2.05) is 0 Å². The minimum atomic E-state index is -0.0777. The van der Waals surface area contributed by atoms with E-state index >= 15 is 0 Å². The molecule has 0 amide bonds. The highest BCUT2D eigenvalue weighted by Gasteiger charge is 2.53. The maximum Gasteiger partial charge on any atom is 0.0959 e. The Morgan fingerprint density at radius 2 is 2.09 bits per heavy atom. The van der Waals surface area contributed by atoms with Crippen molar-refractivity contribution in [3.8, 4) is 0 Å². The molecule has 0 saturated heterocycles. The molecule has 4 atom stereocenters. The average Bonchev–Trinajstić information content (AvgIpc) is 2.91. The van der Waals surface area contributed by atoms with Crippen LogP contribution in [-0.4, -0.2) is 18.3 Å². The zero-order valence-electron chi connectivity index (χ0n) is 13.9. The number of allylic oxidation sites excluding steroid dienone is 5. The number of hydrogen-bond donors (Lipinski definition) is 1. The first-order valence-corrected chi connectivity index (χ1v) is 9.01. The molecule has 2 fully saturated rings. The Kier molecular flexibility index (Phi) is 3.48. The second-order valence-corrected chi connectivity index (χ2v) is 7.62. The normalized spacial score (nSPS) is 40.4. The number of rotatable bonds is 2. The number of fused-ring (bicyclic) bond motifs is 4. The molecule has 0 aromatic rings. The van der Waals surface area contributed by atoms with Gasteiger partial charge in [-0.1, -0.05) is 29.7 Å². The number of aliphatic hydroxyl groups excluding tert-OH is 1. The molecule has 0 aromatic heterocycles. The van der Waals surface area contributed by atoms with Crippen molar-refractivity contribution in [1.82, 2.24) is 0 Å². The van der Waals surface area contributed by atoms with Gasteiger partial charge in [-0.25, -0.2) is 0 Å². The van der Waals surface area contributed by atoms with E-state index in [-0.39, 0.29) is 11.5 Å². The summed E-state index contributed by atoms with van der Waals surface area (Å²) in [6.45, 7) is 2.28. The largest absolute Gasteiger partial charge is 0.501 e. The second-order valence-electron chi connectivity index (χ2n) is 7.62. The summed E-state index contributed by atoms with van der Waals surface area (Å²) in [5.74, 6) is 2.44. The van der Waals surface area contributed by atoms with Crippen molar-refractivity contribution >= 4 is 0 Å². The number of methoxy groups -OCH3 is 1. The molecule has 2 saturated carbocycles. The third-order valence-electron chi connectivity index (χ3n) is 7.11. The molecule has 2 heteroatoms. The molecule has 4 rings (SSSR count). The highest BCUT2D eigenvalue weighted by atomic mass is 16.5. The lowest BCUT2D eigenvalue weighted by Crippen LogP contribution is -2.42. The van der Waals surface area contributed by atoms with Gasteiger partial charge in [0.05, 0.1) is 19.0 Å². The summed E-state index contributed by atoms with van der Waals surface area (Å²) in [5, 5.41) is 10.6. The van der Waals surface area contributed by atoms with Gasteiger partial charge < -0.3 is 9.84 Å². The topological polar surface area (TPSA) is 29.5 Å². The molecule has 0 spiro atoms. The lowest BCUT2D eigenvalue weighted by atomic mass is 9.57. The summed E-state index contributed by atoms with van der Waals surface area (Å²) in [5.41, 5.74) is 5.15. The summed E-state index contributed by atoms with van der Waals surface area (Å²) in [6, 6.07) is 0. The molecule has 120 valence electrons. The molecule has 4 aliphatic rings. The Morgan fingerprint density at radius 3 is 2.86 bits per heavy atom. The molecule has 0 unspecified atom stereocenters. The van der Waals surface area contributed by atoms with Crippen LogP contribution < -0.4 is 0 Å². The predicted octanol–water partition coefficient (Wildman–Crippen LogP) is 4.51. The molecule has 22 heavy (non-hydrogen) atoms. The fraction of sp³-hybridized carbons (Fsp3) is 0.700. The van der Waals surface area contributed by atoms with Crippen molar-refractivity contribution < 1.29 is 9.84 Å². The van der Waals surface area contributed by atoms with Crippen molar-refractivity contribution in [3.05, 3.63) is 34.6 Å². The molecule has 0 aromatic carbocycles. The summed E-state index contributed by atoms with van der Waals surface area (Å²) >= 11 is 0. The molecule has 1 N–H and O–H groups in total. The predicted molar refractivity (Wildman–Crippen MR) is 88.2 cm³/mol. The van der Waals surface area contributed by atoms with Crippen LogP contribution in [0.25, 0.3) is 0 Å². The van der Waals surface area contributed by atoms with Crippen LogP contribution in [0.5, 0.6) is 0 Å². The molecule has 0 aliphatic heterocycles. The molecule has 2 nitrogen and oxygen atoms in total. The summed E-state index contributed by atoms with van der Waals surface area (Å²) < 4.78 is 5.47. The molecular formula is C20H28O2. The SMILES string of the molecule is CC[C@]12CC[C@H]3C(=CCC4=C3CC=C(OC)C4)[C@@H]1CC[C@@H]2O. The Hall–Kier alpha value is -1.02. The fourth-order valence-corrected chi connectivity index (χ4v) is 5.87. The highest BCUT2D eigenvalue weighted by Crippen LogP contribution is 2.60. The van der Waals surface area contributed by atoms with Crippen LogP contribution in [0.3, 0.4) is 0 Å². The third-order valence-corrected chi connectivity index (χ3v) is 7.11. The van der Waals surface area contributed by atoms with E-state index < -0.39 is 0 Å². The van der Waals surface area contributed by atoms with E-state index in [2.05, 4.69) is 19.1 Å². The van der Waals surface area contributed by atoms with Crippen LogP contribution in [-0.2, 0) is 4.74 Å². The number of ether oxygens (including phenoxy) is 1. The maximum atomic E-state index is 10.6. The van der Waals surface area contributed by atoms with Gasteiger partial charge in [0.2, 0.25) is 0 Å². The van der Waals surface area contributed by atoms with Crippen LogP contribution >= 0.6 is 0 Å². The van der Waals surface area contributed by atoms with Crippen LogP contribution in [0, 0.1) is 17.3 Å². The van der Waals surface area contributed by atoms with Crippen LogP contribution in [0.1, 0.15) is 58.3 Å². The van der Waals surface area contributed by atoms with E-state index in [0.29, 0.717) is 11.8 Å². The van der Waals surface area contributed by atoms with Gasteiger partial charge in [0.15, 0.2) is 0 Å². The lowest BCUT2D eigenvalue weighted by Gasteiger charge is -2.48. The quantitative estimate of drug-likeness (QED) is 0.760. The first-order valence-electron chi connectivity index (χ1n) is 9.01. The standard InChI is InChI=1S/C20H28O2/c1-3-20-11-10-16-15-7-5-14(22-2)12-13(15)4-6-17(16)18(20)8-9-19(20)21/h5-6,16,18-19,21H,3-4,7-12H2,1-2H3/t16-,18+,19+,20+/m1/s1. The van der Waals surface area contributed by atoms with Gasteiger partial charge in [0.1, 0.15) is 0 Å². The second kappa shape index (κ2) is 5.26. The smallest absolute Gasteiger partial charge is 0.0959 e. The van der Waals surface area contributed by atoms with Crippen LogP contribution in [0.4, 0.5) is 0 Å². The Labute approximate surface area is 133 Å². The van der Waals surface area contributed by atoms with Crippen molar-refractivity contribution in [3.63, 3.8) is 0 Å². The first-order chi connectivity index (χ1) is 10.7. The maximum absolute atomic E-state index is 10.6. The van der Waals surface area contributed by atoms with Gasteiger partial charge >= 0.3 is 0 Å². The molecule has 0 bridgehead atoms. The van der Waals surface area contributed by atoms with Gasteiger partial charge in [-0.3, -0.25) is 0 Å². The summed E-state index contributed by atoms with van der Waals surface area (Å²) in [7, 11) is 1.79.